The summed E-state index contributed by atoms with van der Waals surface area (Å²) in [4.78, 5) is 40.6. The third-order valence-electron chi connectivity index (χ3n) is 6.10. The summed E-state index contributed by atoms with van der Waals surface area (Å²) in [5, 5.41) is 16.9. The van der Waals surface area contributed by atoms with E-state index in [1.807, 2.05) is 26.0 Å². The van der Waals surface area contributed by atoms with Gasteiger partial charge in [-0.05, 0) is 31.2 Å². The van der Waals surface area contributed by atoms with Gasteiger partial charge in [-0.25, -0.2) is 9.97 Å². The van der Waals surface area contributed by atoms with Crippen molar-refractivity contribution in [2.24, 2.45) is 21.9 Å². The highest BCUT2D eigenvalue weighted by Gasteiger charge is 2.38. The maximum Gasteiger partial charge on any atom is 0.248 e. The fourth-order valence-corrected chi connectivity index (χ4v) is 4.33. The third kappa shape index (κ3) is 6.44. The summed E-state index contributed by atoms with van der Waals surface area (Å²) in [5.74, 6) is 4.67. The second kappa shape index (κ2) is 12.5. The molecule has 1 aromatic heterocycles. The molecule has 192 valence electrons. The molecule has 1 aliphatic rings. The Bertz CT molecular complexity index is 1120. The van der Waals surface area contributed by atoms with E-state index >= 15 is 0 Å². The van der Waals surface area contributed by atoms with Crippen molar-refractivity contribution >= 4 is 35.3 Å². The minimum atomic E-state index is -0.648. The van der Waals surface area contributed by atoms with Crippen LogP contribution in [0.5, 0.6) is 0 Å². The Labute approximate surface area is 215 Å². The highest BCUT2D eigenvalue weighted by atomic mass is 35.5. The number of likely N-dealkylation sites (tertiary alicyclic amines) is 1. The minimum absolute atomic E-state index is 0.0734. The number of rotatable bonds is 9. The van der Waals surface area contributed by atoms with Crippen molar-refractivity contribution in [2.75, 3.05) is 13.2 Å². The normalized spacial score (nSPS) is 18.0. The topological polar surface area (TPSA) is 146 Å². The first-order valence-electron chi connectivity index (χ1n) is 11.8. The lowest BCUT2D eigenvalue weighted by atomic mass is 10.0. The van der Waals surface area contributed by atoms with Crippen molar-refractivity contribution in [1.29, 1.82) is 0 Å². The molecule has 11 heteroatoms. The lowest BCUT2D eigenvalue weighted by molar-refractivity contribution is -0.140. The highest BCUT2D eigenvalue weighted by Crippen LogP contribution is 2.27. The maximum atomic E-state index is 13.3. The molecule has 1 saturated heterocycles. The number of amides is 2. The van der Waals surface area contributed by atoms with Crippen molar-refractivity contribution in [2.45, 2.75) is 51.7 Å². The van der Waals surface area contributed by atoms with Crippen LogP contribution < -0.4 is 11.2 Å². The van der Waals surface area contributed by atoms with Crippen LogP contribution in [0.1, 0.15) is 45.2 Å². The van der Waals surface area contributed by atoms with E-state index in [9.17, 15) is 14.7 Å². The van der Waals surface area contributed by atoms with Gasteiger partial charge in [-0.1, -0.05) is 49.7 Å². The van der Waals surface area contributed by atoms with Crippen molar-refractivity contribution in [1.82, 2.24) is 20.2 Å². The van der Waals surface area contributed by atoms with Crippen LogP contribution in [-0.2, 0) is 9.59 Å². The van der Waals surface area contributed by atoms with Gasteiger partial charge in [0.2, 0.25) is 11.8 Å². The first-order valence-corrected chi connectivity index (χ1v) is 12.2. The van der Waals surface area contributed by atoms with Gasteiger partial charge in [0.15, 0.2) is 0 Å². The maximum absolute atomic E-state index is 13.3. The largest absolute Gasteiger partial charge is 0.394 e. The molecule has 1 aromatic carbocycles. The van der Waals surface area contributed by atoms with Gasteiger partial charge in [0.1, 0.15) is 18.4 Å². The van der Waals surface area contributed by atoms with E-state index in [0.29, 0.717) is 35.8 Å². The molecule has 1 fully saturated rings. The molecule has 36 heavy (non-hydrogen) atoms. The number of nitrogens with one attached hydrogen (secondary N) is 1. The van der Waals surface area contributed by atoms with E-state index in [1.165, 1.54) is 18.7 Å². The molecular weight excluding hydrogens is 482 g/mol. The fraction of sp³-hybridized carbons (Fsp3) is 0.440. The number of aromatic nitrogens is 2. The van der Waals surface area contributed by atoms with E-state index in [-0.39, 0.29) is 24.3 Å². The zero-order chi connectivity index (χ0) is 26.2. The Kier molecular flexibility index (Phi) is 9.49. The molecule has 2 aromatic rings. The second-order valence-electron chi connectivity index (χ2n) is 9.01. The van der Waals surface area contributed by atoms with Gasteiger partial charge in [0.05, 0.1) is 29.1 Å². The molecule has 0 aliphatic carbocycles. The summed E-state index contributed by atoms with van der Waals surface area (Å²) in [7, 11) is 0. The lowest BCUT2D eigenvalue weighted by Crippen LogP contribution is -2.50. The van der Waals surface area contributed by atoms with Crippen LogP contribution in [0.3, 0.4) is 0 Å². The van der Waals surface area contributed by atoms with Crippen molar-refractivity contribution in [3.63, 3.8) is 0 Å². The van der Waals surface area contributed by atoms with Crippen LogP contribution in [-0.4, -0.2) is 69.0 Å². The quantitative estimate of drug-likeness (QED) is 0.266. The summed E-state index contributed by atoms with van der Waals surface area (Å²) in [6.07, 6.45) is 5.67. The summed E-state index contributed by atoms with van der Waals surface area (Å²) in [5.41, 5.74) is 2.61. The molecule has 2 heterocycles. The highest BCUT2D eigenvalue weighted by molar-refractivity contribution is 6.32. The zero-order valence-electron chi connectivity index (χ0n) is 20.6. The van der Waals surface area contributed by atoms with Crippen LogP contribution in [0, 0.1) is 5.92 Å². The number of carbonyl (C=O) groups is 2. The number of hydrogen-bond donors (Lipinski definition) is 3. The van der Waals surface area contributed by atoms with Crippen LogP contribution in [0.15, 0.2) is 46.9 Å². The first kappa shape index (κ1) is 27.2. The number of aliphatic imine (C=N–C) groups is 1. The molecule has 0 spiro atoms. The average molecular weight is 514 g/mol. The fourth-order valence-electron chi connectivity index (χ4n) is 4.12. The predicted molar refractivity (Wildman–Crippen MR) is 140 cm³/mol. The number of carbonyl (C=O) groups excluding carboxylic acids is 2. The number of aliphatic hydroxyl groups excluding tert-OH is 1. The molecule has 3 atom stereocenters. The Morgan fingerprint density at radius 3 is 2.67 bits per heavy atom. The molecule has 0 radical (unpaired) electrons. The van der Waals surface area contributed by atoms with Crippen molar-refractivity contribution in [3.05, 3.63) is 47.4 Å². The number of nitrogens with zero attached hydrogens (tertiary/aromatic N) is 5. The molecule has 0 saturated carbocycles. The smallest absolute Gasteiger partial charge is 0.248 e. The first-order chi connectivity index (χ1) is 17.3. The van der Waals surface area contributed by atoms with E-state index in [0.717, 1.165) is 11.1 Å². The molecular formula is C25H32ClN7O3. The Balaban J connectivity index is 1.72. The average Bonchev–Trinajstić information content (AvgIpc) is 3.37. The predicted octanol–water partition coefficient (Wildman–Crippen LogP) is 2.37. The zero-order valence-corrected chi connectivity index (χ0v) is 21.4. The SMILES string of the molecule is CC(C=N[C@H](C(=O)N1CCC[C@H]1C(=O)N[C@@H](CO)c1ccc(-c2ncncc2Cl)cc1)C(C)C)=NN. The molecule has 0 unspecified atom stereocenters. The third-order valence-corrected chi connectivity index (χ3v) is 6.38. The Hall–Kier alpha value is -3.37. The summed E-state index contributed by atoms with van der Waals surface area (Å²) < 4.78 is 0. The summed E-state index contributed by atoms with van der Waals surface area (Å²) >= 11 is 6.18. The number of nitrogens with two attached hydrogens (primary N) is 1. The minimum Gasteiger partial charge on any atom is -0.394 e. The monoisotopic (exact) mass is 513 g/mol. The van der Waals surface area contributed by atoms with Gasteiger partial charge in [0, 0.05) is 24.5 Å². The summed E-state index contributed by atoms with van der Waals surface area (Å²) in [6, 6.07) is 5.33. The van der Waals surface area contributed by atoms with Gasteiger partial charge in [0.25, 0.3) is 0 Å². The molecule has 2 amide bonds. The number of hydrogen-bond acceptors (Lipinski definition) is 8. The molecule has 3 rings (SSSR count). The van der Waals surface area contributed by atoms with Crippen LogP contribution in [0.4, 0.5) is 0 Å². The Morgan fingerprint density at radius 1 is 1.33 bits per heavy atom. The van der Waals surface area contributed by atoms with E-state index in [4.69, 9.17) is 17.4 Å². The van der Waals surface area contributed by atoms with Gasteiger partial charge in [-0.2, -0.15) is 5.10 Å². The van der Waals surface area contributed by atoms with Gasteiger partial charge in [-0.3, -0.25) is 14.6 Å². The van der Waals surface area contributed by atoms with Gasteiger partial charge < -0.3 is 21.2 Å². The second-order valence-corrected chi connectivity index (χ2v) is 9.42. The number of aliphatic hydroxyl groups is 1. The van der Waals surface area contributed by atoms with Crippen molar-refractivity contribution < 1.29 is 14.7 Å². The van der Waals surface area contributed by atoms with Crippen LogP contribution in [0.2, 0.25) is 5.02 Å². The Morgan fingerprint density at radius 2 is 2.06 bits per heavy atom. The summed E-state index contributed by atoms with van der Waals surface area (Å²) in [6.45, 7) is 5.68. The van der Waals surface area contributed by atoms with Gasteiger partial charge >= 0.3 is 0 Å². The van der Waals surface area contributed by atoms with Gasteiger partial charge in [-0.15, -0.1) is 0 Å². The number of hydrazone groups is 1. The standard InChI is InChI=1S/C25H32ClN7O3/c1-15(2)22(29-11-16(3)32-27)25(36)33-10-4-5-21(33)24(35)31-20(13-34)17-6-8-18(9-7-17)23-19(26)12-28-14-30-23/h6-9,11-12,14-15,20-22,34H,4-5,10,13,27H2,1-3H3,(H,31,35)/t20-,21-,22-/m0/s1. The molecule has 4 N–H and O–H groups in total. The van der Waals surface area contributed by atoms with Crippen LogP contribution >= 0.6 is 11.6 Å². The molecule has 1 aliphatic heterocycles. The van der Waals surface area contributed by atoms with E-state index < -0.39 is 18.1 Å². The molecule has 10 nitrogen and oxygen atoms in total. The number of halogens is 1. The lowest BCUT2D eigenvalue weighted by Gasteiger charge is -2.29. The van der Waals surface area contributed by atoms with E-state index in [1.54, 1.807) is 24.0 Å². The van der Waals surface area contributed by atoms with Crippen LogP contribution in [0.25, 0.3) is 11.3 Å². The molecule has 0 bridgehead atoms. The van der Waals surface area contributed by atoms with Crippen molar-refractivity contribution in [3.8, 4) is 11.3 Å². The van der Waals surface area contributed by atoms with E-state index in [2.05, 4.69) is 25.4 Å². The number of benzene rings is 1.